The molecular formula is C19H23N3O3. The lowest BCUT2D eigenvalue weighted by molar-refractivity contribution is -0.121. The normalized spacial score (nSPS) is 11.4. The van der Waals surface area contributed by atoms with Crippen LogP contribution in [0.3, 0.4) is 0 Å². The highest BCUT2D eigenvalue weighted by Crippen LogP contribution is 2.24. The Bertz CT molecular complexity index is 687. The summed E-state index contributed by atoms with van der Waals surface area (Å²) in [5.41, 5.74) is 1.93. The number of ether oxygens (including phenoxy) is 1. The topological polar surface area (TPSA) is 79.5 Å². The molecule has 2 amide bonds. The van der Waals surface area contributed by atoms with E-state index >= 15 is 0 Å². The molecule has 132 valence electrons. The molecule has 6 heteroatoms. The first-order valence-corrected chi connectivity index (χ1v) is 8.03. The van der Waals surface area contributed by atoms with Crippen molar-refractivity contribution in [3.8, 4) is 5.75 Å². The predicted octanol–water partition coefficient (Wildman–Crippen LogP) is 1.24. The van der Waals surface area contributed by atoms with Gasteiger partial charge < -0.3 is 15.4 Å². The number of amides is 2. The van der Waals surface area contributed by atoms with Crippen LogP contribution in [0.5, 0.6) is 5.75 Å². The van der Waals surface area contributed by atoms with E-state index in [1.807, 2.05) is 54.6 Å². The quantitative estimate of drug-likeness (QED) is 0.675. The Labute approximate surface area is 147 Å². The summed E-state index contributed by atoms with van der Waals surface area (Å²) in [4.78, 5) is 23.5. The summed E-state index contributed by atoms with van der Waals surface area (Å²) in [6.07, 6.45) is 0. The van der Waals surface area contributed by atoms with Gasteiger partial charge in [-0.05, 0) is 23.3 Å². The van der Waals surface area contributed by atoms with Gasteiger partial charge in [0.1, 0.15) is 5.75 Å². The molecule has 0 aromatic heterocycles. The molecular weight excluding hydrogens is 318 g/mol. The summed E-state index contributed by atoms with van der Waals surface area (Å²) in [7, 11) is 3.17. The van der Waals surface area contributed by atoms with Gasteiger partial charge in [-0.15, -0.1) is 0 Å². The number of benzene rings is 2. The minimum Gasteiger partial charge on any atom is -0.497 e. The van der Waals surface area contributed by atoms with Crippen molar-refractivity contribution in [1.29, 1.82) is 0 Å². The molecule has 0 bridgehead atoms. The van der Waals surface area contributed by atoms with Gasteiger partial charge in [-0.25, -0.2) is 0 Å². The van der Waals surface area contributed by atoms with Crippen molar-refractivity contribution in [2.45, 2.75) is 6.04 Å². The van der Waals surface area contributed by atoms with E-state index in [9.17, 15) is 9.59 Å². The molecule has 3 N–H and O–H groups in total. The summed E-state index contributed by atoms with van der Waals surface area (Å²) in [6, 6.07) is 17.0. The molecule has 0 radical (unpaired) electrons. The zero-order valence-corrected chi connectivity index (χ0v) is 14.4. The second kappa shape index (κ2) is 9.44. The average Bonchev–Trinajstić information content (AvgIpc) is 2.66. The lowest BCUT2D eigenvalue weighted by Crippen LogP contribution is -2.40. The first-order valence-electron chi connectivity index (χ1n) is 8.03. The van der Waals surface area contributed by atoms with Crippen molar-refractivity contribution >= 4 is 11.8 Å². The summed E-state index contributed by atoms with van der Waals surface area (Å²) >= 11 is 0. The third-order valence-corrected chi connectivity index (χ3v) is 3.74. The predicted molar refractivity (Wildman–Crippen MR) is 96.4 cm³/mol. The van der Waals surface area contributed by atoms with Crippen LogP contribution in [0.2, 0.25) is 0 Å². The van der Waals surface area contributed by atoms with Crippen molar-refractivity contribution in [3.05, 3.63) is 65.7 Å². The maximum absolute atomic E-state index is 12.3. The van der Waals surface area contributed by atoms with Gasteiger partial charge in [0, 0.05) is 7.05 Å². The van der Waals surface area contributed by atoms with E-state index in [0.29, 0.717) is 0 Å². The van der Waals surface area contributed by atoms with Gasteiger partial charge in [-0.1, -0.05) is 42.5 Å². The summed E-state index contributed by atoms with van der Waals surface area (Å²) in [5, 5.41) is 8.32. The average molecular weight is 341 g/mol. The van der Waals surface area contributed by atoms with Crippen LogP contribution in [0, 0.1) is 0 Å². The molecule has 2 aromatic rings. The molecule has 0 saturated heterocycles. The van der Waals surface area contributed by atoms with Gasteiger partial charge in [-0.2, -0.15) is 0 Å². The number of carbonyl (C=O) groups is 2. The van der Waals surface area contributed by atoms with Crippen molar-refractivity contribution in [3.63, 3.8) is 0 Å². The largest absolute Gasteiger partial charge is 0.497 e. The second-order valence-electron chi connectivity index (χ2n) is 5.46. The third kappa shape index (κ3) is 5.61. The number of likely N-dealkylation sites (N-methyl/N-ethyl adjacent to an activating group) is 1. The molecule has 0 aliphatic carbocycles. The molecule has 0 aliphatic rings. The van der Waals surface area contributed by atoms with Crippen molar-refractivity contribution in [2.75, 3.05) is 27.2 Å². The Balaban J connectivity index is 2.09. The van der Waals surface area contributed by atoms with Crippen LogP contribution in [-0.2, 0) is 9.59 Å². The zero-order valence-electron chi connectivity index (χ0n) is 14.4. The van der Waals surface area contributed by atoms with Gasteiger partial charge in [0.2, 0.25) is 11.8 Å². The standard InChI is InChI=1S/C19H23N3O3/c1-20-17(23)12-21-13-18(24)22-19(14-6-4-3-5-7-14)15-8-10-16(25-2)11-9-15/h3-11,19,21H,12-13H2,1-2H3,(H,20,23)(H,22,24)/t19-/m0/s1. The van der Waals surface area contributed by atoms with Gasteiger partial charge >= 0.3 is 0 Å². The Hall–Kier alpha value is -2.86. The van der Waals surface area contributed by atoms with E-state index in [4.69, 9.17) is 4.74 Å². The van der Waals surface area contributed by atoms with Gasteiger partial charge in [0.15, 0.2) is 0 Å². The maximum atomic E-state index is 12.3. The van der Waals surface area contributed by atoms with Crippen LogP contribution in [0.25, 0.3) is 0 Å². The Morgan fingerprint density at radius 1 is 0.920 bits per heavy atom. The molecule has 2 aromatic carbocycles. The van der Waals surface area contributed by atoms with Crippen molar-refractivity contribution in [2.24, 2.45) is 0 Å². The second-order valence-corrected chi connectivity index (χ2v) is 5.46. The lowest BCUT2D eigenvalue weighted by Gasteiger charge is -2.20. The molecule has 25 heavy (non-hydrogen) atoms. The lowest BCUT2D eigenvalue weighted by atomic mass is 9.98. The van der Waals surface area contributed by atoms with E-state index in [0.717, 1.165) is 16.9 Å². The third-order valence-electron chi connectivity index (χ3n) is 3.74. The SMILES string of the molecule is CNC(=O)CNCC(=O)N[C@@H](c1ccccc1)c1ccc(OC)cc1. The molecule has 1 atom stereocenters. The minimum atomic E-state index is -0.276. The van der Waals surface area contributed by atoms with Gasteiger partial charge in [-0.3, -0.25) is 14.9 Å². The molecule has 0 saturated carbocycles. The zero-order chi connectivity index (χ0) is 18.1. The Kier molecular flexibility index (Phi) is 6.98. The fraction of sp³-hybridized carbons (Fsp3) is 0.263. The van der Waals surface area contributed by atoms with E-state index < -0.39 is 0 Å². The summed E-state index contributed by atoms with van der Waals surface area (Å²) in [6.45, 7) is 0.162. The van der Waals surface area contributed by atoms with Crippen LogP contribution >= 0.6 is 0 Å². The number of rotatable bonds is 8. The highest BCUT2D eigenvalue weighted by Gasteiger charge is 2.16. The number of nitrogens with one attached hydrogen (secondary N) is 3. The van der Waals surface area contributed by atoms with Gasteiger partial charge in [0.05, 0.1) is 26.2 Å². The molecule has 0 aliphatic heterocycles. The van der Waals surface area contributed by atoms with Crippen LogP contribution in [-0.4, -0.2) is 39.1 Å². The van der Waals surface area contributed by atoms with Crippen molar-refractivity contribution in [1.82, 2.24) is 16.0 Å². The number of hydrogen-bond donors (Lipinski definition) is 3. The van der Waals surface area contributed by atoms with Crippen LogP contribution in [0.4, 0.5) is 0 Å². The van der Waals surface area contributed by atoms with Crippen LogP contribution in [0.15, 0.2) is 54.6 Å². The molecule has 0 heterocycles. The highest BCUT2D eigenvalue weighted by atomic mass is 16.5. The Morgan fingerprint density at radius 3 is 2.12 bits per heavy atom. The van der Waals surface area contributed by atoms with Gasteiger partial charge in [0.25, 0.3) is 0 Å². The van der Waals surface area contributed by atoms with Crippen LogP contribution < -0.4 is 20.7 Å². The molecule has 0 unspecified atom stereocenters. The molecule has 0 fully saturated rings. The highest BCUT2D eigenvalue weighted by molar-refractivity contribution is 5.81. The first-order chi connectivity index (χ1) is 12.1. The molecule has 2 rings (SSSR count). The van der Waals surface area contributed by atoms with Crippen LogP contribution in [0.1, 0.15) is 17.2 Å². The number of methoxy groups -OCH3 is 1. The van der Waals surface area contributed by atoms with E-state index in [-0.39, 0.29) is 30.9 Å². The maximum Gasteiger partial charge on any atom is 0.234 e. The number of hydrogen-bond acceptors (Lipinski definition) is 4. The summed E-state index contributed by atoms with van der Waals surface area (Å²) < 4.78 is 5.19. The summed E-state index contributed by atoms with van der Waals surface area (Å²) in [5.74, 6) is 0.408. The van der Waals surface area contributed by atoms with Crippen molar-refractivity contribution < 1.29 is 14.3 Å². The van der Waals surface area contributed by atoms with E-state index in [2.05, 4.69) is 16.0 Å². The fourth-order valence-corrected chi connectivity index (χ4v) is 2.39. The first kappa shape index (κ1) is 18.5. The molecule has 0 spiro atoms. The Morgan fingerprint density at radius 2 is 1.52 bits per heavy atom. The fourth-order valence-electron chi connectivity index (χ4n) is 2.39. The van der Waals surface area contributed by atoms with E-state index in [1.54, 1.807) is 14.2 Å². The van der Waals surface area contributed by atoms with E-state index in [1.165, 1.54) is 0 Å². The monoisotopic (exact) mass is 341 g/mol. The molecule has 6 nitrogen and oxygen atoms in total. The number of carbonyl (C=O) groups excluding carboxylic acids is 2. The minimum absolute atomic E-state index is 0.0624. The smallest absolute Gasteiger partial charge is 0.234 e.